The van der Waals surface area contributed by atoms with E-state index in [1.54, 1.807) is 25.6 Å². The Morgan fingerprint density at radius 2 is 2.20 bits per heavy atom. The monoisotopic (exact) mass is 276 g/mol. The van der Waals surface area contributed by atoms with Gasteiger partial charge in [0, 0.05) is 6.20 Å². The molecule has 6 nitrogen and oxygen atoms in total. The average Bonchev–Trinajstić information content (AvgIpc) is 2.97. The predicted molar refractivity (Wildman–Crippen MR) is 75.4 cm³/mol. The van der Waals surface area contributed by atoms with Crippen LogP contribution in [0.4, 0.5) is 0 Å². The van der Waals surface area contributed by atoms with Crippen molar-refractivity contribution in [1.29, 1.82) is 0 Å². The number of rotatable bonds is 7. The van der Waals surface area contributed by atoms with E-state index in [0.717, 1.165) is 24.9 Å². The number of methoxy groups -OCH3 is 1. The zero-order valence-electron chi connectivity index (χ0n) is 12.1. The van der Waals surface area contributed by atoms with Gasteiger partial charge in [-0.1, -0.05) is 13.8 Å². The van der Waals surface area contributed by atoms with Gasteiger partial charge >= 0.3 is 0 Å². The van der Waals surface area contributed by atoms with Crippen molar-refractivity contribution in [2.45, 2.75) is 32.7 Å². The largest absolute Gasteiger partial charge is 0.494 e. The van der Waals surface area contributed by atoms with Gasteiger partial charge in [-0.3, -0.25) is 4.98 Å². The van der Waals surface area contributed by atoms with Crippen LogP contribution in [0.25, 0.3) is 11.5 Å². The Morgan fingerprint density at radius 3 is 2.90 bits per heavy atom. The molecule has 0 aliphatic rings. The van der Waals surface area contributed by atoms with Crippen LogP contribution >= 0.6 is 0 Å². The van der Waals surface area contributed by atoms with E-state index in [4.69, 9.17) is 9.15 Å². The third-order valence-corrected chi connectivity index (χ3v) is 3.02. The summed E-state index contributed by atoms with van der Waals surface area (Å²) in [6, 6.07) is 1.89. The van der Waals surface area contributed by atoms with Crippen molar-refractivity contribution in [1.82, 2.24) is 20.5 Å². The van der Waals surface area contributed by atoms with Crippen molar-refractivity contribution in [3.05, 3.63) is 24.4 Å². The smallest absolute Gasteiger partial charge is 0.251 e. The van der Waals surface area contributed by atoms with Gasteiger partial charge in [-0.05, 0) is 25.5 Å². The molecule has 1 N–H and O–H groups in total. The van der Waals surface area contributed by atoms with E-state index in [1.807, 2.05) is 0 Å². The van der Waals surface area contributed by atoms with Gasteiger partial charge in [0.2, 0.25) is 5.89 Å². The molecule has 2 heterocycles. The zero-order chi connectivity index (χ0) is 14.4. The fourth-order valence-corrected chi connectivity index (χ4v) is 1.93. The molecule has 1 unspecified atom stereocenters. The molecule has 2 aromatic rings. The predicted octanol–water partition coefficient (Wildman–Crippen LogP) is 2.59. The minimum atomic E-state index is 0.0871. The third kappa shape index (κ3) is 3.14. The van der Waals surface area contributed by atoms with Gasteiger partial charge in [-0.25, -0.2) is 0 Å². The lowest BCUT2D eigenvalue weighted by atomic mass is 10.2. The van der Waals surface area contributed by atoms with Crippen LogP contribution < -0.4 is 10.1 Å². The molecular formula is C14H20N4O2. The Bertz CT molecular complexity index is 541. The Morgan fingerprint density at radius 1 is 1.35 bits per heavy atom. The molecule has 0 saturated heterocycles. The lowest BCUT2D eigenvalue weighted by Gasteiger charge is -2.11. The number of ether oxygens (including phenoxy) is 1. The van der Waals surface area contributed by atoms with Crippen molar-refractivity contribution in [2.75, 3.05) is 13.7 Å². The summed E-state index contributed by atoms with van der Waals surface area (Å²) in [6.07, 6.45) is 5.27. The summed E-state index contributed by atoms with van der Waals surface area (Å²) in [6.45, 7) is 5.14. The van der Waals surface area contributed by atoms with Gasteiger partial charge in [-0.2, -0.15) is 0 Å². The topological polar surface area (TPSA) is 73.1 Å². The molecule has 0 saturated carbocycles. The summed E-state index contributed by atoms with van der Waals surface area (Å²) in [4.78, 5) is 4.01. The maximum Gasteiger partial charge on any atom is 0.251 e. The molecule has 2 rings (SSSR count). The number of nitrogens with zero attached hydrogens (tertiary/aromatic N) is 3. The van der Waals surface area contributed by atoms with Crippen molar-refractivity contribution in [3.8, 4) is 17.2 Å². The maximum atomic E-state index is 5.77. The van der Waals surface area contributed by atoms with Crippen LogP contribution in [-0.2, 0) is 0 Å². The molecule has 2 aromatic heterocycles. The first kappa shape index (κ1) is 14.5. The van der Waals surface area contributed by atoms with E-state index in [1.165, 1.54) is 0 Å². The van der Waals surface area contributed by atoms with E-state index in [2.05, 4.69) is 34.3 Å². The number of nitrogens with one attached hydrogen (secondary N) is 1. The normalized spacial score (nSPS) is 12.3. The highest BCUT2D eigenvalue weighted by Crippen LogP contribution is 2.28. The molecule has 0 radical (unpaired) electrons. The Labute approximate surface area is 118 Å². The van der Waals surface area contributed by atoms with E-state index in [9.17, 15) is 0 Å². The third-order valence-electron chi connectivity index (χ3n) is 3.02. The summed E-state index contributed by atoms with van der Waals surface area (Å²) in [7, 11) is 1.59. The van der Waals surface area contributed by atoms with Crippen LogP contribution in [0.1, 0.15) is 38.6 Å². The van der Waals surface area contributed by atoms with Crippen molar-refractivity contribution in [3.63, 3.8) is 0 Å². The molecule has 0 aliphatic heterocycles. The standard InChI is InChI=1S/C14H20N4O2/c1-4-7-16-11(5-2)14-18-17-13(20-14)10-6-8-15-9-12(10)19-3/h6,8-9,11,16H,4-5,7H2,1-3H3. The van der Waals surface area contributed by atoms with Crippen molar-refractivity contribution in [2.24, 2.45) is 0 Å². The Hall–Kier alpha value is -1.95. The van der Waals surface area contributed by atoms with Crippen LogP contribution in [0.15, 0.2) is 22.9 Å². The number of hydrogen-bond donors (Lipinski definition) is 1. The van der Waals surface area contributed by atoms with Crippen LogP contribution in [-0.4, -0.2) is 28.8 Å². The van der Waals surface area contributed by atoms with Crippen molar-refractivity contribution < 1.29 is 9.15 Å². The number of hydrogen-bond acceptors (Lipinski definition) is 6. The minimum Gasteiger partial charge on any atom is -0.494 e. The van der Waals surface area contributed by atoms with Crippen LogP contribution in [0, 0.1) is 0 Å². The van der Waals surface area contributed by atoms with E-state index in [0.29, 0.717) is 17.5 Å². The molecule has 0 bridgehead atoms. The number of aromatic nitrogens is 3. The van der Waals surface area contributed by atoms with Gasteiger partial charge < -0.3 is 14.5 Å². The Kier molecular flexibility index (Phi) is 5.06. The minimum absolute atomic E-state index is 0.0871. The second-order valence-corrected chi connectivity index (χ2v) is 4.44. The summed E-state index contributed by atoms with van der Waals surface area (Å²) < 4.78 is 11.0. The molecule has 0 spiro atoms. The SMILES string of the molecule is CCCNC(CC)c1nnc(-c2ccncc2OC)o1. The van der Waals surface area contributed by atoms with Gasteiger partial charge in [0.25, 0.3) is 5.89 Å². The second-order valence-electron chi connectivity index (χ2n) is 4.44. The second kappa shape index (κ2) is 7.00. The molecule has 0 amide bonds. The van der Waals surface area contributed by atoms with E-state index < -0.39 is 0 Å². The van der Waals surface area contributed by atoms with E-state index >= 15 is 0 Å². The molecule has 108 valence electrons. The van der Waals surface area contributed by atoms with Crippen LogP contribution in [0.3, 0.4) is 0 Å². The van der Waals surface area contributed by atoms with Gasteiger partial charge in [0.1, 0.15) is 5.75 Å². The molecule has 0 aromatic carbocycles. The van der Waals surface area contributed by atoms with E-state index in [-0.39, 0.29) is 6.04 Å². The van der Waals surface area contributed by atoms with Crippen molar-refractivity contribution >= 4 is 0 Å². The van der Waals surface area contributed by atoms with Gasteiger partial charge in [0.15, 0.2) is 0 Å². The first-order valence-corrected chi connectivity index (χ1v) is 6.85. The maximum absolute atomic E-state index is 5.77. The fourth-order valence-electron chi connectivity index (χ4n) is 1.93. The highest BCUT2D eigenvalue weighted by Gasteiger charge is 2.18. The lowest BCUT2D eigenvalue weighted by molar-refractivity contribution is 0.391. The van der Waals surface area contributed by atoms with Gasteiger partial charge in [-0.15, -0.1) is 10.2 Å². The average molecular weight is 276 g/mol. The first-order chi connectivity index (χ1) is 9.80. The summed E-state index contributed by atoms with van der Waals surface area (Å²) in [5, 5.41) is 11.6. The lowest BCUT2D eigenvalue weighted by Crippen LogP contribution is -2.21. The molecule has 6 heteroatoms. The molecule has 20 heavy (non-hydrogen) atoms. The molecule has 0 fully saturated rings. The first-order valence-electron chi connectivity index (χ1n) is 6.85. The summed E-state index contributed by atoms with van der Waals surface area (Å²) >= 11 is 0. The molecule has 0 aliphatic carbocycles. The highest BCUT2D eigenvalue weighted by molar-refractivity contribution is 5.60. The molecular weight excluding hydrogens is 256 g/mol. The van der Waals surface area contributed by atoms with Crippen LogP contribution in [0.2, 0.25) is 0 Å². The number of pyridine rings is 1. The fraction of sp³-hybridized carbons (Fsp3) is 0.500. The van der Waals surface area contributed by atoms with Gasteiger partial charge in [0.05, 0.1) is 24.9 Å². The van der Waals surface area contributed by atoms with Crippen LogP contribution in [0.5, 0.6) is 5.75 Å². The quantitative estimate of drug-likeness (QED) is 0.838. The highest BCUT2D eigenvalue weighted by atomic mass is 16.5. The molecule has 1 atom stereocenters. The zero-order valence-corrected chi connectivity index (χ0v) is 12.1. The summed E-state index contributed by atoms with van der Waals surface area (Å²) in [5.74, 6) is 1.68. The summed E-state index contributed by atoms with van der Waals surface area (Å²) in [5.41, 5.74) is 0.756. The Balaban J connectivity index is 2.23.